The van der Waals surface area contributed by atoms with Gasteiger partial charge in [0.2, 0.25) is 0 Å². The Kier molecular flexibility index (Phi) is 3.61. The number of phenols is 1. The Morgan fingerprint density at radius 2 is 2.08 bits per heavy atom. The van der Waals surface area contributed by atoms with Crippen molar-refractivity contribution in [1.29, 1.82) is 0 Å². The number of unbranched alkanes of at least 4 members (excludes halogenated alkanes) is 1. The van der Waals surface area contributed by atoms with E-state index in [0.29, 0.717) is 5.75 Å². The molecular weight excluding hydrogens is 150 g/mol. The van der Waals surface area contributed by atoms with Crippen molar-refractivity contribution in [2.45, 2.75) is 19.3 Å². The third-order valence-corrected chi connectivity index (χ3v) is 1.83. The van der Waals surface area contributed by atoms with E-state index in [0.717, 1.165) is 25.8 Å². The standard InChI is InChI=1S/C10H15NO/c11-7-2-1-4-9-5-3-6-10(12)8-9/h3,5-6,8,12H,1-2,4,7,11H2. The second kappa shape index (κ2) is 4.78. The van der Waals surface area contributed by atoms with Crippen LogP contribution in [0.2, 0.25) is 0 Å². The second-order valence-electron chi connectivity index (χ2n) is 2.92. The Bertz CT molecular complexity index is 235. The lowest BCUT2D eigenvalue weighted by Crippen LogP contribution is -1.98. The summed E-state index contributed by atoms with van der Waals surface area (Å²) in [5.74, 6) is 0.347. The van der Waals surface area contributed by atoms with Gasteiger partial charge in [-0.1, -0.05) is 12.1 Å². The summed E-state index contributed by atoms with van der Waals surface area (Å²) in [5, 5.41) is 9.14. The predicted molar refractivity (Wildman–Crippen MR) is 50.1 cm³/mol. The van der Waals surface area contributed by atoms with Gasteiger partial charge in [-0.15, -0.1) is 0 Å². The van der Waals surface area contributed by atoms with E-state index in [1.54, 1.807) is 12.1 Å². The van der Waals surface area contributed by atoms with Crippen LogP contribution >= 0.6 is 0 Å². The number of phenolic OH excluding ortho intramolecular Hbond substituents is 1. The molecule has 0 amide bonds. The van der Waals surface area contributed by atoms with Gasteiger partial charge in [0.15, 0.2) is 0 Å². The van der Waals surface area contributed by atoms with Crippen molar-refractivity contribution in [3.8, 4) is 5.75 Å². The average Bonchev–Trinajstić information content (AvgIpc) is 2.05. The number of aromatic hydroxyl groups is 1. The van der Waals surface area contributed by atoms with Crippen LogP contribution in [0.1, 0.15) is 18.4 Å². The highest BCUT2D eigenvalue weighted by atomic mass is 16.3. The van der Waals surface area contributed by atoms with Crippen LogP contribution in [0.5, 0.6) is 5.75 Å². The lowest BCUT2D eigenvalue weighted by molar-refractivity contribution is 0.474. The van der Waals surface area contributed by atoms with Gasteiger partial charge in [-0.2, -0.15) is 0 Å². The molecule has 0 radical (unpaired) electrons. The highest BCUT2D eigenvalue weighted by Crippen LogP contribution is 2.12. The largest absolute Gasteiger partial charge is 0.508 e. The SMILES string of the molecule is NCCCCc1cccc(O)c1. The van der Waals surface area contributed by atoms with E-state index in [1.165, 1.54) is 5.56 Å². The highest BCUT2D eigenvalue weighted by molar-refractivity contribution is 5.27. The maximum atomic E-state index is 9.14. The molecule has 3 N–H and O–H groups in total. The normalized spacial score (nSPS) is 10.1. The van der Waals surface area contributed by atoms with Gasteiger partial charge in [-0.05, 0) is 43.5 Å². The van der Waals surface area contributed by atoms with E-state index >= 15 is 0 Å². The lowest BCUT2D eigenvalue weighted by atomic mass is 10.1. The molecule has 2 heteroatoms. The summed E-state index contributed by atoms with van der Waals surface area (Å²) in [6.07, 6.45) is 3.15. The molecule has 0 heterocycles. The number of nitrogens with two attached hydrogens (primary N) is 1. The van der Waals surface area contributed by atoms with Gasteiger partial charge < -0.3 is 10.8 Å². The third kappa shape index (κ3) is 2.93. The molecule has 0 aromatic heterocycles. The maximum absolute atomic E-state index is 9.14. The number of hydrogen-bond acceptors (Lipinski definition) is 2. The first-order chi connectivity index (χ1) is 5.83. The molecule has 2 nitrogen and oxygen atoms in total. The van der Waals surface area contributed by atoms with Crippen molar-refractivity contribution < 1.29 is 5.11 Å². The number of rotatable bonds is 4. The van der Waals surface area contributed by atoms with Crippen LogP contribution < -0.4 is 5.73 Å². The summed E-state index contributed by atoms with van der Waals surface area (Å²) in [5.41, 5.74) is 6.56. The molecule has 0 saturated heterocycles. The fraction of sp³-hybridized carbons (Fsp3) is 0.400. The zero-order valence-electron chi connectivity index (χ0n) is 7.16. The van der Waals surface area contributed by atoms with E-state index in [2.05, 4.69) is 0 Å². The van der Waals surface area contributed by atoms with E-state index in [9.17, 15) is 0 Å². The summed E-state index contributed by atoms with van der Waals surface area (Å²) in [6, 6.07) is 7.38. The van der Waals surface area contributed by atoms with Crippen LogP contribution in [-0.2, 0) is 6.42 Å². The molecule has 0 fully saturated rings. The van der Waals surface area contributed by atoms with Crippen molar-refractivity contribution in [2.24, 2.45) is 5.73 Å². The summed E-state index contributed by atoms with van der Waals surface area (Å²) in [7, 11) is 0. The third-order valence-electron chi connectivity index (χ3n) is 1.83. The highest BCUT2D eigenvalue weighted by Gasteiger charge is 1.93. The Morgan fingerprint density at radius 1 is 1.25 bits per heavy atom. The average molecular weight is 165 g/mol. The first kappa shape index (κ1) is 9.07. The zero-order chi connectivity index (χ0) is 8.81. The van der Waals surface area contributed by atoms with E-state index in [4.69, 9.17) is 10.8 Å². The van der Waals surface area contributed by atoms with Crippen LogP contribution in [0.3, 0.4) is 0 Å². The Labute approximate surface area is 73.0 Å². The monoisotopic (exact) mass is 165 g/mol. The van der Waals surface area contributed by atoms with Gasteiger partial charge in [0.25, 0.3) is 0 Å². The van der Waals surface area contributed by atoms with E-state index in [1.807, 2.05) is 12.1 Å². The molecule has 0 aliphatic carbocycles. The second-order valence-corrected chi connectivity index (χ2v) is 2.92. The van der Waals surface area contributed by atoms with Crippen molar-refractivity contribution in [3.63, 3.8) is 0 Å². The van der Waals surface area contributed by atoms with Crippen LogP contribution in [0.4, 0.5) is 0 Å². The fourth-order valence-electron chi connectivity index (χ4n) is 1.19. The molecule has 1 rings (SSSR count). The van der Waals surface area contributed by atoms with Crippen LogP contribution in [-0.4, -0.2) is 11.7 Å². The Balaban J connectivity index is 2.41. The topological polar surface area (TPSA) is 46.2 Å². The van der Waals surface area contributed by atoms with Gasteiger partial charge in [-0.25, -0.2) is 0 Å². The van der Waals surface area contributed by atoms with Gasteiger partial charge in [0, 0.05) is 0 Å². The zero-order valence-corrected chi connectivity index (χ0v) is 7.16. The van der Waals surface area contributed by atoms with Crippen LogP contribution in [0, 0.1) is 0 Å². The molecule has 0 unspecified atom stereocenters. The maximum Gasteiger partial charge on any atom is 0.115 e. The molecule has 0 saturated carbocycles. The van der Waals surface area contributed by atoms with Crippen molar-refractivity contribution in [1.82, 2.24) is 0 Å². The van der Waals surface area contributed by atoms with Crippen molar-refractivity contribution in [3.05, 3.63) is 29.8 Å². The minimum atomic E-state index is 0.347. The minimum Gasteiger partial charge on any atom is -0.508 e. The first-order valence-electron chi connectivity index (χ1n) is 4.31. The van der Waals surface area contributed by atoms with Crippen molar-refractivity contribution >= 4 is 0 Å². The quantitative estimate of drug-likeness (QED) is 0.667. The number of hydrogen-bond donors (Lipinski definition) is 2. The number of benzene rings is 1. The Hall–Kier alpha value is -1.02. The summed E-state index contributed by atoms with van der Waals surface area (Å²) >= 11 is 0. The van der Waals surface area contributed by atoms with Crippen LogP contribution in [0.15, 0.2) is 24.3 Å². The molecule has 1 aromatic carbocycles. The molecular formula is C10H15NO. The van der Waals surface area contributed by atoms with Gasteiger partial charge in [0.05, 0.1) is 0 Å². The predicted octanol–water partition coefficient (Wildman–Crippen LogP) is 1.67. The van der Waals surface area contributed by atoms with Gasteiger partial charge >= 0.3 is 0 Å². The summed E-state index contributed by atoms with van der Waals surface area (Å²) in [4.78, 5) is 0. The lowest BCUT2D eigenvalue weighted by Gasteiger charge is -2.00. The van der Waals surface area contributed by atoms with E-state index in [-0.39, 0.29) is 0 Å². The summed E-state index contributed by atoms with van der Waals surface area (Å²) in [6.45, 7) is 0.749. The minimum absolute atomic E-state index is 0.347. The van der Waals surface area contributed by atoms with E-state index < -0.39 is 0 Å². The molecule has 0 atom stereocenters. The molecule has 66 valence electrons. The molecule has 0 aliphatic heterocycles. The molecule has 12 heavy (non-hydrogen) atoms. The number of aryl methyl sites for hydroxylation is 1. The Morgan fingerprint density at radius 3 is 2.75 bits per heavy atom. The first-order valence-corrected chi connectivity index (χ1v) is 4.31. The fourth-order valence-corrected chi connectivity index (χ4v) is 1.19. The van der Waals surface area contributed by atoms with Gasteiger partial charge in [0.1, 0.15) is 5.75 Å². The molecule has 0 aliphatic rings. The molecule has 0 bridgehead atoms. The van der Waals surface area contributed by atoms with Crippen LogP contribution in [0.25, 0.3) is 0 Å². The van der Waals surface area contributed by atoms with Crippen molar-refractivity contribution in [2.75, 3.05) is 6.54 Å². The molecule has 1 aromatic rings. The molecule has 0 spiro atoms. The summed E-state index contributed by atoms with van der Waals surface area (Å²) < 4.78 is 0. The van der Waals surface area contributed by atoms with Gasteiger partial charge in [-0.3, -0.25) is 0 Å². The smallest absolute Gasteiger partial charge is 0.115 e.